The van der Waals surface area contributed by atoms with Gasteiger partial charge in [0.2, 0.25) is 0 Å². The average Bonchev–Trinajstić information content (AvgIpc) is 2.55. The highest BCUT2D eigenvalue weighted by molar-refractivity contribution is 7.03. The van der Waals surface area contributed by atoms with Gasteiger partial charge in [0.25, 0.3) is 0 Å². The molecule has 0 fully saturated rings. The third-order valence-corrected chi connectivity index (χ3v) is 2.30. The highest BCUT2D eigenvalue weighted by Gasteiger charge is 2.14. The van der Waals surface area contributed by atoms with Gasteiger partial charge in [0, 0.05) is 11.8 Å². The van der Waals surface area contributed by atoms with Crippen LogP contribution in [0.4, 0.5) is 0 Å². The standard InChI is InChI=1S/C8H7NOS/c10-7-2-1-6(5-7)8-3-4-11-9-8/h3-5H,1-2H2. The first kappa shape index (κ1) is 6.73. The van der Waals surface area contributed by atoms with Crippen molar-refractivity contribution in [3.05, 3.63) is 23.2 Å². The molecule has 0 bridgehead atoms. The van der Waals surface area contributed by atoms with Gasteiger partial charge >= 0.3 is 0 Å². The molecule has 0 spiro atoms. The molecule has 56 valence electrons. The van der Waals surface area contributed by atoms with Gasteiger partial charge < -0.3 is 0 Å². The smallest absolute Gasteiger partial charge is 0.156 e. The predicted molar refractivity (Wildman–Crippen MR) is 44.3 cm³/mol. The molecule has 2 rings (SSSR count). The summed E-state index contributed by atoms with van der Waals surface area (Å²) >= 11 is 1.43. The van der Waals surface area contributed by atoms with Crippen molar-refractivity contribution in [3.8, 4) is 0 Å². The van der Waals surface area contributed by atoms with Gasteiger partial charge in [-0.15, -0.1) is 0 Å². The fourth-order valence-corrected chi connectivity index (χ4v) is 1.72. The molecule has 1 aromatic rings. The number of ketones is 1. The average molecular weight is 165 g/mol. The quantitative estimate of drug-likeness (QED) is 0.636. The van der Waals surface area contributed by atoms with Crippen LogP contribution in [0.25, 0.3) is 5.57 Å². The Kier molecular flexibility index (Phi) is 1.58. The van der Waals surface area contributed by atoms with E-state index in [1.54, 1.807) is 6.08 Å². The number of carbonyl (C=O) groups excluding carboxylic acids is 1. The Bertz CT molecular complexity index is 300. The molecule has 0 N–H and O–H groups in total. The van der Waals surface area contributed by atoms with Gasteiger partial charge in [-0.05, 0) is 35.7 Å². The van der Waals surface area contributed by atoms with Gasteiger partial charge in [-0.1, -0.05) is 0 Å². The van der Waals surface area contributed by atoms with Crippen LogP contribution in [0.5, 0.6) is 0 Å². The molecule has 0 aliphatic heterocycles. The molecule has 0 saturated carbocycles. The lowest BCUT2D eigenvalue weighted by molar-refractivity contribution is -0.114. The lowest BCUT2D eigenvalue weighted by Gasteiger charge is -1.90. The van der Waals surface area contributed by atoms with Crippen molar-refractivity contribution >= 4 is 22.9 Å². The van der Waals surface area contributed by atoms with Crippen molar-refractivity contribution in [1.82, 2.24) is 4.37 Å². The summed E-state index contributed by atoms with van der Waals surface area (Å²) in [7, 11) is 0. The van der Waals surface area contributed by atoms with E-state index in [9.17, 15) is 4.79 Å². The highest BCUT2D eigenvalue weighted by atomic mass is 32.1. The molecule has 11 heavy (non-hydrogen) atoms. The number of rotatable bonds is 1. The Balaban J connectivity index is 2.31. The third kappa shape index (κ3) is 1.24. The second kappa shape index (κ2) is 2.58. The van der Waals surface area contributed by atoms with Crippen LogP contribution in [0.15, 0.2) is 17.5 Å². The van der Waals surface area contributed by atoms with Crippen molar-refractivity contribution < 1.29 is 4.79 Å². The van der Waals surface area contributed by atoms with Crippen LogP contribution in [0, 0.1) is 0 Å². The van der Waals surface area contributed by atoms with E-state index >= 15 is 0 Å². The summed E-state index contributed by atoms with van der Waals surface area (Å²) in [6, 6.07) is 1.95. The molecular weight excluding hydrogens is 158 g/mol. The van der Waals surface area contributed by atoms with E-state index in [4.69, 9.17) is 0 Å². The Labute approximate surface area is 68.7 Å². The SMILES string of the molecule is O=C1C=C(c2ccsn2)CC1. The van der Waals surface area contributed by atoms with Gasteiger partial charge in [0.05, 0.1) is 5.69 Å². The van der Waals surface area contributed by atoms with Crippen molar-refractivity contribution in [2.75, 3.05) is 0 Å². The maximum atomic E-state index is 10.8. The minimum atomic E-state index is 0.230. The van der Waals surface area contributed by atoms with Crippen LogP contribution in [0.1, 0.15) is 18.5 Å². The topological polar surface area (TPSA) is 30.0 Å². The zero-order valence-electron chi connectivity index (χ0n) is 5.91. The van der Waals surface area contributed by atoms with Gasteiger partial charge in [0.15, 0.2) is 5.78 Å². The fraction of sp³-hybridized carbons (Fsp3) is 0.250. The highest BCUT2D eigenvalue weighted by Crippen LogP contribution is 2.24. The first-order valence-corrected chi connectivity index (χ1v) is 4.34. The lowest BCUT2D eigenvalue weighted by Crippen LogP contribution is -1.80. The Morgan fingerprint density at radius 3 is 2.91 bits per heavy atom. The molecule has 0 amide bonds. The normalized spacial score (nSPS) is 17.1. The van der Waals surface area contributed by atoms with E-state index in [0.29, 0.717) is 6.42 Å². The molecule has 0 atom stereocenters. The molecule has 0 unspecified atom stereocenters. The largest absolute Gasteiger partial charge is 0.295 e. The van der Waals surface area contributed by atoms with Crippen LogP contribution in [-0.4, -0.2) is 10.2 Å². The molecule has 2 nitrogen and oxygen atoms in total. The van der Waals surface area contributed by atoms with Crippen LogP contribution in [0.3, 0.4) is 0 Å². The summed E-state index contributed by atoms with van der Waals surface area (Å²) in [4.78, 5) is 10.8. The first-order valence-electron chi connectivity index (χ1n) is 3.50. The zero-order chi connectivity index (χ0) is 7.68. The van der Waals surface area contributed by atoms with Gasteiger partial charge in [-0.2, -0.15) is 4.37 Å². The van der Waals surface area contributed by atoms with Crippen molar-refractivity contribution in [2.45, 2.75) is 12.8 Å². The molecular formula is C8H7NOS. The maximum Gasteiger partial charge on any atom is 0.156 e. The molecule has 1 aliphatic carbocycles. The van der Waals surface area contributed by atoms with E-state index < -0.39 is 0 Å². The Hall–Kier alpha value is -0.960. The predicted octanol–water partition coefficient (Wildman–Crippen LogP) is 1.89. The van der Waals surface area contributed by atoms with Crippen molar-refractivity contribution in [2.24, 2.45) is 0 Å². The summed E-state index contributed by atoms with van der Waals surface area (Å²) in [6.07, 6.45) is 3.23. The molecule has 1 aliphatic rings. The van der Waals surface area contributed by atoms with Crippen LogP contribution < -0.4 is 0 Å². The molecule has 0 saturated heterocycles. The van der Waals surface area contributed by atoms with Gasteiger partial charge in [-0.25, -0.2) is 0 Å². The second-order valence-corrected chi connectivity index (χ2v) is 3.19. The summed E-state index contributed by atoms with van der Waals surface area (Å²) in [5.74, 6) is 0.230. The molecule has 0 aromatic carbocycles. The van der Waals surface area contributed by atoms with E-state index in [1.165, 1.54) is 11.5 Å². The van der Waals surface area contributed by atoms with Crippen molar-refractivity contribution in [3.63, 3.8) is 0 Å². The van der Waals surface area contributed by atoms with E-state index in [1.807, 2.05) is 11.4 Å². The van der Waals surface area contributed by atoms with Crippen molar-refractivity contribution in [1.29, 1.82) is 0 Å². The molecule has 1 heterocycles. The summed E-state index contributed by atoms with van der Waals surface area (Å²) in [6.45, 7) is 0. The maximum absolute atomic E-state index is 10.8. The minimum Gasteiger partial charge on any atom is -0.295 e. The van der Waals surface area contributed by atoms with Crippen LogP contribution in [0.2, 0.25) is 0 Å². The molecule has 1 aromatic heterocycles. The van der Waals surface area contributed by atoms with Crippen LogP contribution in [-0.2, 0) is 4.79 Å². The number of aromatic nitrogens is 1. The number of hydrogen-bond donors (Lipinski definition) is 0. The monoisotopic (exact) mass is 165 g/mol. The summed E-state index contributed by atoms with van der Waals surface area (Å²) in [5, 5.41) is 1.93. The summed E-state index contributed by atoms with van der Waals surface area (Å²) in [5.41, 5.74) is 2.07. The molecule has 0 radical (unpaired) electrons. The number of nitrogens with zero attached hydrogens (tertiary/aromatic N) is 1. The van der Waals surface area contributed by atoms with E-state index in [2.05, 4.69) is 4.37 Å². The fourth-order valence-electron chi connectivity index (χ4n) is 1.18. The second-order valence-electron chi connectivity index (χ2n) is 2.52. The van der Waals surface area contributed by atoms with E-state index in [0.717, 1.165) is 17.7 Å². The minimum absolute atomic E-state index is 0.230. The third-order valence-electron chi connectivity index (χ3n) is 1.74. The lowest BCUT2D eigenvalue weighted by atomic mass is 10.2. The first-order chi connectivity index (χ1) is 5.36. The van der Waals surface area contributed by atoms with Gasteiger partial charge in [0.1, 0.15) is 0 Å². The number of hydrogen-bond acceptors (Lipinski definition) is 3. The van der Waals surface area contributed by atoms with Gasteiger partial charge in [-0.3, -0.25) is 4.79 Å². The number of allylic oxidation sites excluding steroid dienone is 2. The van der Waals surface area contributed by atoms with Crippen LogP contribution >= 0.6 is 11.5 Å². The summed E-state index contributed by atoms with van der Waals surface area (Å²) < 4.78 is 4.15. The zero-order valence-corrected chi connectivity index (χ0v) is 6.73. The Morgan fingerprint density at radius 2 is 2.36 bits per heavy atom. The number of carbonyl (C=O) groups is 1. The van der Waals surface area contributed by atoms with E-state index in [-0.39, 0.29) is 5.78 Å². The Morgan fingerprint density at radius 1 is 1.45 bits per heavy atom. The molecule has 3 heteroatoms.